The van der Waals surface area contributed by atoms with Gasteiger partial charge in [-0.2, -0.15) is 0 Å². The van der Waals surface area contributed by atoms with Gasteiger partial charge < -0.3 is 9.64 Å². The number of halogens is 1. The molecule has 0 aliphatic carbocycles. The molecule has 1 aromatic rings. The van der Waals surface area contributed by atoms with Gasteiger partial charge in [0.15, 0.2) is 0 Å². The van der Waals surface area contributed by atoms with Crippen LogP contribution in [0, 0.1) is 0 Å². The van der Waals surface area contributed by atoms with Crippen LogP contribution in [0.5, 0.6) is 5.75 Å². The van der Waals surface area contributed by atoms with Crippen molar-refractivity contribution in [2.45, 2.75) is 0 Å². The predicted molar refractivity (Wildman–Crippen MR) is 60.6 cm³/mol. The van der Waals surface area contributed by atoms with Gasteiger partial charge in [-0.3, -0.25) is 0 Å². The van der Waals surface area contributed by atoms with Crippen LogP contribution in [0.3, 0.4) is 0 Å². The van der Waals surface area contributed by atoms with Gasteiger partial charge in [-0.05, 0) is 37.9 Å². The predicted octanol–water partition coefficient (Wildman–Crippen LogP) is 2.57. The Balaban J connectivity index is 2.71. The van der Waals surface area contributed by atoms with E-state index in [1.165, 1.54) is 6.08 Å². The van der Waals surface area contributed by atoms with Crippen molar-refractivity contribution in [3.05, 3.63) is 35.7 Å². The lowest BCUT2D eigenvalue weighted by molar-refractivity contribution is 0.403. The first kappa shape index (κ1) is 11.7. The van der Waals surface area contributed by atoms with E-state index >= 15 is 0 Å². The number of rotatable bonds is 4. The van der Waals surface area contributed by atoms with Crippen LogP contribution in [-0.2, 0) is 0 Å². The molecule has 0 aliphatic heterocycles. The molecule has 0 unspecified atom stereocenters. The third-order valence-electron chi connectivity index (χ3n) is 1.91. The first-order valence-corrected chi connectivity index (χ1v) is 4.76. The number of methoxy groups -OCH3 is 1. The van der Waals surface area contributed by atoms with Crippen LogP contribution in [0.25, 0.3) is 6.08 Å². The van der Waals surface area contributed by atoms with Gasteiger partial charge in [-0.25, -0.2) is 4.39 Å². The molecule has 15 heavy (non-hydrogen) atoms. The van der Waals surface area contributed by atoms with Crippen molar-refractivity contribution < 1.29 is 9.13 Å². The van der Waals surface area contributed by atoms with E-state index in [9.17, 15) is 4.39 Å². The minimum atomic E-state index is -0.148. The summed E-state index contributed by atoms with van der Waals surface area (Å²) in [6, 6.07) is 7.28. The monoisotopic (exact) mass is 209 g/mol. The lowest BCUT2D eigenvalue weighted by atomic mass is 10.2. The summed E-state index contributed by atoms with van der Waals surface area (Å²) in [5.74, 6) is 0.630. The number of ether oxygens (including phenoxy) is 1. The van der Waals surface area contributed by atoms with Crippen molar-refractivity contribution >= 4 is 6.08 Å². The van der Waals surface area contributed by atoms with Crippen LogP contribution in [0.4, 0.5) is 4.39 Å². The zero-order chi connectivity index (χ0) is 11.3. The van der Waals surface area contributed by atoms with Gasteiger partial charge in [0.25, 0.3) is 0 Å². The second-order valence-electron chi connectivity index (χ2n) is 3.60. The highest BCUT2D eigenvalue weighted by molar-refractivity contribution is 5.52. The molecular formula is C12H16FNO. The van der Waals surface area contributed by atoms with Gasteiger partial charge in [0.2, 0.25) is 0 Å². The van der Waals surface area contributed by atoms with E-state index in [2.05, 4.69) is 0 Å². The maximum atomic E-state index is 13.3. The van der Waals surface area contributed by atoms with Crippen molar-refractivity contribution in [2.75, 3.05) is 27.7 Å². The SMILES string of the molecule is COc1ccc(/C=C(\F)CN(C)C)cc1. The molecular weight excluding hydrogens is 193 g/mol. The first-order valence-electron chi connectivity index (χ1n) is 4.76. The highest BCUT2D eigenvalue weighted by Gasteiger charge is 1.98. The fourth-order valence-corrected chi connectivity index (χ4v) is 1.23. The van der Waals surface area contributed by atoms with Crippen molar-refractivity contribution in [3.63, 3.8) is 0 Å². The molecule has 0 saturated carbocycles. The molecule has 0 fully saturated rings. The Bertz CT molecular complexity index is 330. The molecule has 0 atom stereocenters. The molecule has 82 valence electrons. The molecule has 0 aliphatic rings. The topological polar surface area (TPSA) is 12.5 Å². The smallest absolute Gasteiger partial charge is 0.118 e. The van der Waals surface area contributed by atoms with Crippen molar-refractivity contribution in [2.24, 2.45) is 0 Å². The van der Waals surface area contributed by atoms with Crippen LogP contribution in [0.2, 0.25) is 0 Å². The van der Waals surface area contributed by atoms with Crippen molar-refractivity contribution in [1.82, 2.24) is 4.90 Å². The highest BCUT2D eigenvalue weighted by atomic mass is 19.1. The summed E-state index contributed by atoms with van der Waals surface area (Å²) < 4.78 is 18.3. The molecule has 1 rings (SSSR count). The van der Waals surface area contributed by atoms with Crippen molar-refractivity contribution in [1.29, 1.82) is 0 Å². The Hall–Kier alpha value is -1.35. The largest absolute Gasteiger partial charge is 0.497 e. The third-order valence-corrected chi connectivity index (χ3v) is 1.91. The minimum Gasteiger partial charge on any atom is -0.497 e. The standard InChI is InChI=1S/C12H16FNO/c1-14(2)9-11(13)8-10-4-6-12(15-3)7-5-10/h4-8H,9H2,1-3H3/b11-8-. The minimum absolute atomic E-state index is 0.148. The molecule has 0 radical (unpaired) electrons. The van der Waals surface area contributed by atoms with E-state index in [-0.39, 0.29) is 5.83 Å². The quantitative estimate of drug-likeness (QED) is 0.755. The summed E-state index contributed by atoms with van der Waals surface area (Å²) >= 11 is 0. The van der Waals surface area contributed by atoms with Crippen LogP contribution < -0.4 is 4.74 Å². The Kier molecular flexibility index (Phi) is 4.31. The van der Waals surface area contributed by atoms with E-state index in [0.717, 1.165) is 11.3 Å². The van der Waals surface area contributed by atoms with Gasteiger partial charge in [0.1, 0.15) is 11.6 Å². The lowest BCUT2D eigenvalue weighted by Gasteiger charge is -2.06. The Morgan fingerprint density at radius 3 is 2.40 bits per heavy atom. The van der Waals surface area contributed by atoms with Gasteiger partial charge in [0, 0.05) is 6.54 Å². The number of benzene rings is 1. The molecule has 0 spiro atoms. The summed E-state index contributed by atoms with van der Waals surface area (Å²) in [7, 11) is 5.28. The van der Waals surface area contributed by atoms with Gasteiger partial charge in [0.05, 0.1) is 7.11 Å². The number of likely N-dealkylation sites (N-methyl/N-ethyl adjacent to an activating group) is 1. The fourth-order valence-electron chi connectivity index (χ4n) is 1.23. The third kappa shape index (κ3) is 4.13. The number of nitrogens with zero attached hydrogens (tertiary/aromatic N) is 1. The van der Waals surface area contributed by atoms with E-state index < -0.39 is 0 Å². The molecule has 0 amide bonds. The Morgan fingerprint density at radius 1 is 1.33 bits per heavy atom. The van der Waals surface area contributed by atoms with Gasteiger partial charge >= 0.3 is 0 Å². The highest BCUT2D eigenvalue weighted by Crippen LogP contribution is 2.14. The maximum Gasteiger partial charge on any atom is 0.118 e. The average Bonchev–Trinajstić information content (AvgIpc) is 2.17. The van der Waals surface area contributed by atoms with Crippen molar-refractivity contribution in [3.8, 4) is 5.75 Å². The molecule has 0 saturated heterocycles. The molecule has 3 heteroatoms. The van der Waals surface area contributed by atoms with Gasteiger partial charge in [-0.15, -0.1) is 0 Å². The van der Waals surface area contributed by atoms with E-state index in [1.807, 2.05) is 38.4 Å². The van der Waals surface area contributed by atoms with E-state index in [0.29, 0.717) is 6.54 Å². The maximum absolute atomic E-state index is 13.3. The van der Waals surface area contributed by atoms with Crippen LogP contribution >= 0.6 is 0 Å². The number of hydrogen-bond acceptors (Lipinski definition) is 2. The van der Waals surface area contributed by atoms with Crippen LogP contribution in [0.15, 0.2) is 30.1 Å². The summed E-state index contributed by atoms with van der Waals surface area (Å²) in [6.45, 7) is 0.325. The Labute approximate surface area is 90.0 Å². The van der Waals surface area contributed by atoms with Gasteiger partial charge in [-0.1, -0.05) is 12.1 Å². The van der Waals surface area contributed by atoms with Crippen LogP contribution in [-0.4, -0.2) is 32.6 Å². The second kappa shape index (κ2) is 5.51. The second-order valence-corrected chi connectivity index (χ2v) is 3.60. The molecule has 0 aromatic heterocycles. The fraction of sp³-hybridized carbons (Fsp3) is 0.333. The lowest BCUT2D eigenvalue weighted by Crippen LogP contribution is -2.13. The zero-order valence-corrected chi connectivity index (χ0v) is 9.33. The van der Waals surface area contributed by atoms with E-state index in [1.54, 1.807) is 12.0 Å². The molecule has 2 nitrogen and oxygen atoms in total. The van der Waals surface area contributed by atoms with E-state index in [4.69, 9.17) is 4.74 Å². The first-order chi connectivity index (χ1) is 7.11. The summed E-state index contributed by atoms with van der Waals surface area (Å²) in [4.78, 5) is 1.79. The molecule has 1 aromatic carbocycles. The average molecular weight is 209 g/mol. The number of hydrogen-bond donors (Lipinski definition) is 0. The summed E-state index contributed by atoms with van der Waals surface area (Å²) in [5.41, 5.74) is 0.843. The molecule has 0 heterocycles. The van der Waals surface area contributed by atoms with Crippen LogP contribution in [0.1, 0.15) is 5.56 Å². The summed E-state index contributed by atoms with van der Waals surface area (Å²) in [5, 5.41) is 0. The summed E-state index contributed by atoms with van der Waals surface area (Å²) in [6.07, 6.45) is 1.53. The molecule has 0 N–H and O–H groups in total. The normalized spacial score (nSPS) is 11.9. The zero-order valence-electron chi connectivity index (χ0n) is 9.33. The Morgan fingerprint density at radius 2 is 1.93 bits per heavy atom. The molecule has 0 bridgehead atoms.